The van der Waals surface area contributed by atoms with Crippen molar-refractivity contribution in [2.75, 3.05) is 13.7 Å². The van der Waals surface area contributed by atoms with Crippen LogP contribution in [0.25, 0.3) is 0 Å². The molecule has 0 fully saturated rings. The Morgan fingerprint density at radius 1 is 1.65 bits per heavy atom. The van der Waals surface area contributed by atoms with Crippen molar-refractivity contribution in [3.8, 4) is 0 Å². The topological polar surface area (TPSA) is 140 Å². The van der Waals surface area contributed by atoms with Gasteiger partial charge in [0.25, 0.3) is 5.96 Å². The van der Waals surface area contributed by atoms with E-state index in [0.29, 0.717) is 19.4 Å². The second-order valence-electron chi connectivity index (χ2n) is 3.18. The number of esters is 1. The molecule has 1 atom stereocenters. The van der Waals surface area contributed by atoms with Gasteiger partial charge in [0.15, 0.2) is 11.1 Å². The molecule has 0 spiro atoms. The number of hydrogen-bond donors (Lipinski definition) is 3. The van der Waals surface area contributed by atoms with Crippen LogP contribution in [0.2, 0.25) is 0 Å². The third-order valence-electron chi connectivity index (χ3n) is 1.87. The van der Waals surface area contributed by atoms with Crippen molar-refractivity contribution in [1.82, 2.24) is 5.32 Å². The van der Waals surface area contributed by atoms with Gasteiger partial charge in [-0.2, -0.15) is 0 Å². The lowest BCUT2D eigenvalue weighted by Crippen LogP contribution is -2.33. The minimum atomic E-state index is -1.13. The highest BCUT2D eigenvalue weighted by Gasteiger charge is 2.13. The second-order valence-corrected chi connectivity index (χ2v) is 3.18. The molecular weight excluding hydrogens is 232 g/mol. The summed E-state index contributed by atoms with van der Waals surface area (Å²) >= 11 is 0. The van der Waals surface area contributed by atoms with Gasteiger partial charge in [-0.3, -0.25) is 0 Å². The van der Waals surface area contributed by atoms with Gasteiger partial charge in [0, 0.05) is 6.54 Å². The van der Waals surface area contributed by atoms with Gasteiger partial charge in [-0.25, -0.2) is 14.9 Å². The molecule has 0 heterocycles. The van der Waals surface area contributed by atoms with Gasteiger partial charge >= 0.3 is 5.97 Å². The number of rotatable bonds is 7. The smallest absolute Gasteiger partial charge is 0.334 e. The molecule has 0 radical (unpaired) electrons. The molecule has 0 aromatic carbocycles. The van der Waals surface area contributed by atoms with Gasteiger partial charge in [-0.15, -0.1) is 0 Å². The van der Waals surface area contributed by atoms with Crippen LogP contribution in [0.3, 0.4) is 0 Å². The van der Waals surface area contributed by atoms with Crippen molar-refractivity contribution >= 4 is 11.9 Å². The molecule has 0 aromatic heterocycles. The van der Waals surface area contributed by atoms with Crippen LogP contribution in [0.4, 0.5) is 0 Å². The lowest BCUT2D eigenvalue weighted by molar-refractivity contribution is -0.485. The number of guanidine groups is 1. The van der Waals surface area contributed by atoms with E-state index in [1.165, 1.54) is 7.11 Å². The molecule has 4 N–H and O–H groups in total. The third kappa shape index (κ3) is 7.96. The van der Waals surface area contributed by atoms with Crippen molar-refractivity contribution < 1.29 is 19.7 Å². The minimum absolute atomic E-state index is 0.265. The zero-order chi connectivity index (χ0) is 13.3. The Balaban J connectivity index is 3.59. The van der Waals surface area contributed by atoms with Gasteiger partial charge in [-0.05, 0) is 19.3 Å². The minimum Gasteiger partial charge on any atom is -0.467 e. The van der Waals surface area contributed by atoms with E-state index < -0.39 is 17.1 Å². The molecule has 0 saturated carbocycles. The Hall–Kier alpha value is -1.90. The zero-order valence-electron chi connectivity index (χ0n) is 9.46. The highest BCUT2D eigenvalue weighted by atomic mass is 16.7. The molecule has 0 aliphatic carbocycles. The van der Waals surface area contributed by atoms with Gasteiger partial charge in [-0.1, -0.05) is 0 Å². The number of aliphatic hydroxyl groups is 1. The predicted molar refractivity (Wildman–Crippen MR) is 58.5 cm³/mol. The summed E-state index contributed by atoms with van der Waals surface area (Å²) < 4.78 is 4.33. The van der Waals surface area contributed by atoms with E-state index in [4.69, 9.17) is 5.73 Å². The number of hydrogen-bond acceptors (Lipinski definition) is 5. The summed E-state index contributed by atoms with van der Waals surface area (Å²) in [5.74, 6) is -0.948. The third-order valence-corrected chi connectivity index (χ3v) is 1.87. The number of carbonyl (C=O) groups is 1. The fraction of sp³-hybridized carbons (Fsp3) is 0.750. The number of nitrogens with one attached hydrogen (secondary N) is 1. The first-order valence-corrected chi connectivity index (χ1v) is 4.95. The summed E-state index contributed by atoms with van der Waals surface area (Å²) in [5, 5.41) is 23.6. The fourth-order valence-electron chi connectivity index (χ4n) is 1.06. The normalized spacial score (nSPS) is 12.9. The van der Waals surface area contributed by atoms with E-state index in [1.807, 2.05) is 0 Å². The van der Waals surface area contributed by atoms with E-state index in [9.17, 15) is 20.0 Å². The second kappa shape index (κ2) is 8.28. The van der Waals surface area contributed by atoms with E-state index in [2.05, 4.69) is 15.2 Å². The van der Waals surface area contributed by atoms with Crippen LogP contribution in [0.15, 0.2) is 5.10 Å². The molecule has 98 valence electrons. The largest absolute Gasteiger partial charge is 0.467 e. The average molecular weight is 248 g/mol. The summed E-state index contributed by atoms with van der Waals surface area (Å²) in [5.41, 5.74) is 5.16. The molecular formula is C8H16N4O5. The number of nitrogens with zero attached hydrogens (tertiary/aromatic N) is 2. The maximum atomic E-state index is 10.8. The van der Waals surface area contributed by atoms with Gasteiger partial charge in [0.2, 0.25) is 0 Å². The number of unbranched alkanes of at least 4 members (excludes halogenated alkanes) is 1. The first-order valence-electron chi connectivity index (χ1n) is 4.95. The SMILES string of the molecule is COC(=O)C(O)CCCCN/C(N)=N/[N+](=O)[O-]. The van der Waals surface area contributed by atoms with E-state index in [1.54, 1.807) is 0 Å². The van der Waals surface area contributed by atoms with Crippen LogP contribution in [0, 0.1) is 10.1 Å². The Bertz CT molecular complexity index is 294. The van der Waals surface area contributed by atoms with Crippen LogP contribution < -0.4 is 11.1 Å². The molecule has 0 amide bonds. The summed E-state index contributed by atoms with van der Waals surface area (Å²) in [7, 11) is 1.20. The predicted octanol–water partition coefficient (Wildman–Crippen LogP) is -1.21. The van der Waals surface area contributed by atoms with Crippen molar-refractivity contribution in [2.24, 2.45) is 10.8 Å². The summed E-state index contributed by atoms with van der Waals surface area (Å²) in [4.78, 5) is 20.7. The number of carbonyl (C=O) groups excluding carboxylic acids is 1. The van der Waals surface area contributed by atoms with Gasteiger partial charge in [0.1, 0.15) is 5.10 Å². The monoisotopic (exact) mass is 248 g/mol. The first kappa shape index (κ1) is 15.1. The lowest BCUT2D eigenvalue weighted by atomic mass is 10.1. The highest BCUT2D eigenvalue weighted by Crippen LogP contribution is 2.01. The molecule has 0 aliphatic heterocycles. The van der Waals surface area contributed by atoms with Crippen LogP contribution >= 0.6 is 0 Å². The lowest BCUT2D eigenvalue weighted by Gasteiger charge is -2.07. The van der Waals surface area contributed by atoms with Gasteiger partial charge in [0.05, 0.1) is 7.11 Å². The molecule has 0 saturated heterocycles. The Morgan fingerprint density at radius 3 is 2.82 bits per heavy atom. The average Bonchev–Trinajstić information content (AvgIpc) is 2.26. The number of nitro groups is 1. The molecule has 17 heavy (non-hydrogen) atoms. The summed E-state index contributed by atoms with van der Waals surface area (Å²) in [6, 6.07) is 0. The molecule has 9 nitrogen and oxygen atoms in total. The molecule has 1 unspecified atom stereocenters. The summed E-state index contributed by atoms with van der Waals surface area (Å²) in [6.07, 6.45) is 0.266. The highest BCUT2D eigenvalue weighted by molar-refractivity contribution is 5.77. The van der Waals surface area contributed by atoms with E-state index >= 15 is 0 Å². The molecule has 0 aliphatic rings. The van der Waals surface area contributed by atoms with Crippen LogP contribution in [-0.2, 0) is 9.53 Å². The Kier molecular flexibility index (Phi) is 7.35. The van der Waals surface area contributed by atoms with E-state index in [-0.39, 0.29) is 12.4 Å². The molecule has 0 aromatic rings. The Morgan fingerprint density at radius 2 is 2.29 bits per heavy atom. The van der Waals surface area contributed by atoms with Crippen molar-refractivity contribution in [2.45, 2.75) is 25.4 Å². The Labute approximate surface area is 97.8 Å². The van der Waals surface area contributed by atoms with E-state index in [0.717, 1.165) is 0 Å². The molecule has 0 bridgehead atoms. The molecule has 0 rings (SSSR count). The number of aliphatic hydroxyl groups excluding tert-OH is 1. The van der Waals surface area contributed by atoms with Crippen molar-refractivity contribution in [3.05, 3.63) is 10.1 Å². The quantitative estimate of drug-likeness (QED) is 0.128. The fourth-order valence-corrected chi connectivity index (χ4v) is 1.06. The maximum absolute atomic E-state index is 10.8. The number of hydrazone groups is 1. The van der Waals surface area contributed by atoms with Crippen molar-refractivity contribution in [3.63, 3.8) is 0 Å². The van der Waals surface area contributed by atoms with Crippen LogP contribution in [0.5, 0.6) is 0 Å². The maximum Gasteiger partial charge on any atom is 0.334 e. The van der Waals surface area contributed by atoms with Crippen molar-refractivity contribution in [1.29, 1.82) is 0 Å². The number of methoxy groups -OCH3 is 1. The zero-order valence-corrected chi connectivity index (χ0v) is 9.46. The first-order chi connectivity index (χ1) is 7.97. The number of ether oxygens (including phenoxy) is 1. The van der Waals surface area contributed by atoms with Crippen LogP contribution in [-0.4, -0.2) is 41.8 Å². The molecule has 9 heteroatoms. The van der Waals surface area contributed by atoms with Crippen LogP contribution in [0.1, 0.15) is 19.3 Å². The number of nitrogens with two attached hydrogens (primary N) is 1. The van der Waals surface area contributed by atoms with Gasteiger partial charge < -0.3 is 20.9 Å². The summed E-state index contributed by atoms with van der Waals surface area (Å²) in [6.45, 7) is 0.372. The standard InChI is InChI=1S/C8H16N4O5/c1-17-7(14)6(13)4-2-3-5-10-8(9)11-12(15)16/h6,13H,2-5H2,1H3,(H3,9,10,11).